The fourth-order valence-electron chi connectivity index (χ4n) is 4.14. The Hall–Kier alpha value is -2.92. The first-order valence-corrected chi connectivity index (χ1v) is 11.8. The molecule has 4 rings (SSSR count). The summed E-state index contributed by atoms with van der Waals surface area (Å²) in [6.07, 6.45) is 0.915. The average molecular weight is 420 g/mol. The van der Waals surface area contributed by atoms with Crippen molar-refractivity contribution in [2.24, 2.45) is 0 Å². The maximum Gasteiger partial charge on any atom is 0.234 e. The van der Waals surface area contributed by atoms with Gasteiger partial charge in [0.05, 0.1) is 16.1 Å². The molecule has 3 aromatic carbocycles. The van der Waals surface area contributed by atoms with Crippen LogP contribution in [-0.2, 0) is 14.6 Å². The Labute approximate surface area is 178 Å². The zero-order valence-corrected chi connectivity index (χ0v) is 17.5. The summed E-state index contributed by atoms with van der Waals surface area (Å²) in [5.41, 5.74) is 1.90. The molecule has 3 aromatic rings. The van der Waals surface area contributed by atoms with E-state index in [4.69, 9.17) is 0 Å². The Kier molecular flexibility index (Phi) is 6.00. The summed E-state index contributed by atoms with van der Waals surface area (Å²) in [5, 5.41) is -0.448. The van der Waals surface area contributed by atoms with E-state index in [9.17, 15) is 13.2 Å². The van der Waals surface area contributed by atoms with Crippen LogP contribution in [0.2, 0.25) is 0 Å². The molecule has 0 aliphatic carbocycles. The number of sulfone groups is 1. The van der Waals surface area contributed by atoms with Crippen molar-refractivity contribution < 1.29 is 13.2 Å². The molecule has 0 spiro atoms. The number of hydrogen-bond donors (Lipinski definition) is 0. The van der Waals surface area contributed by atoms with Gasteiger partial charge in [0.1, 0.15) is 0 Å². The number of carbonyl (C=O) groups excluding carboxylic acids is 1. The van der Waals surface area contributed by atoms with Crippen LogP contribution in [0.3, 0.4) is 0 Å². The summed E-state index contributed by atoms with van der Waals surface area (Å²) in [6.45, 7) is 0.900. The van der Waals surface area contributed by atoms with Crippen LogP contribution >= 0.6 is 0 Å². The topological polar surface area (TPSA) is 54.5 Å². The molecule has 4 nitrogen and oxygen atoms in total. The molecule has 0 unspecified atom stereocenters. The predicted octanol–water partition coefficient (Wildman–Crippen LogP) is 4.28. The maximum absolute atomic E-state index is 13.5. The number of likely N-dealkylation sites (tertiary alicyclic amines) is 1. The minimum Gasteiger partial charge on any atom is -0.342 e. The summed E-state index contributed by atoms with van der Waals surface area (Å²) in [4.78, 5) is 15.7. The van der Waals surface area contributed by atoms with E-state index < -0.39 is 15.1 Å². The predicted molar refractivity (Wildman–Crippen MR) is 118 cm³/mol. The lowest BCUT2D eigenvalue weighted by Gasteiger charge is -2.34. The molecule has 5 heteroatoms. The maximum atomic E-state index is 13.5. The second-order valence-electron chi connectivity index (χ2n) is 7.64. The van der Waals surface area contributed by atoms with Crippen LogP contribution in [-0.4, -0.2) is 37.6 Å². The zero-order valence-electron chi connectivity index (χ0n) is 16.7. The van der Waals surface area contributed by atoms with Crippen LogP contribution in [0, 0.1) is 0 Å². The van der Waals surface area contributed by atoms with Crippen molar-refractivity contribution >= 4 is 15.7 Å². The molecule has 1 aliphatic heterocycles. The second-order valence-corrected chi connectivity index (χ2v) is 9.87. The summed E-state index contributed by atoms with van der Waals surface area (Å²) in [5.74, 6) is -0.349. The van der Waals surface area contributed by atoms with Gasteiger partial charge in [-0.2, -0.15) is 0 Å². The third kappa shape index (κ3) is 4.17. The van der Waals surface area contributed by atoms with Crippen molar-refractivity contribution in [3.8, 4) is 0 Å². The van der Waals surface area contributed by atoms with Gasteiger partial charge in [0, 0.05) is 13.1 Å². The highest BCUT2D eigenvalue weighted by atomic mass is 32.2. The lowest BCUT2D eigenvalue weighted by Crippen LogP contribution is -2.44. The van der Waals surface area contributed by atoms with Crippen LogP contribution in [0.1, 0.15) is 29.9 Å². The van der Waals surface area contributed by atoms with E-state index in [1.165, 1.54) is 0 Å². The molecular weight excluding hydrogens is 394 g/mol. The van der Waals surface area contributed by atoms with Gasteiger partial charge in [0.25, 0.3) is 0 Å². The van der Waals surface area contributed by atoms with Gasteiger partial charge in [-0.05, 0) is 36.1 Å². The summed E-state index contributed by atoms with van der Waals surface area (Å²) in [7, 11) is -3.37. The van der Waals surface area contributed by atoms with Crippen LogP contribution in [0.5, 0.6) is 0 Å². The van der Waals surface area contributed by atoms with E-state index in [0.29, 0.717) is 30.8 Å². The van der Waals surface area contributed by atoms with E-state index in [1.807, 2.05) is 71.6 Å². The highest BCUT2D eigenvalue weighted by Crippen LogP contribution is 2.30. The third-order valence-electron chi connectivity index (χ3n) is 5.78. The van der Waals surface area contributed by atoms with Crippen molar-refractivity contribution in [3.63, 3.8) is 0 Å². The molecule has 0 aromatic heterocycles. The molecular formula is C25H25NO3S. The third-order valence-corrected chi connectivity index (χ3v) is 8.06. The van der Waals surface area contributed by atoms with Gasteiger partial charge < -0.3 is 4.90 Å². The normalized spacial score (nSPS) is 15.3. The first-order valence-electron chi connectivity index (χ1n) is 10.2. The number of benzene rings is 3. The SMILES string of the molecule is O=C(C(c1ccccc1)c1ccccc1)N1CCC(S(=O)(=O)c2ccccc2)CC1. The van der Waals surface area contributed by atoms with Crippen molar-refractivity contribution in [2.75, 3.05) is 13.1 Å². The molecule has 0 bridgehead atoms. The van der Waals surface area contributed by atoms with Crippen molar-refractivity contribution in [3.05, 3.63) is 102 Å². The summed E-state index contributed by atoms with van der Waals surface area (Å²) in [6, 6.07) is 28.1. The van der Waals surface area contributed by atoms with Crippen LogP contribution in [0.4, 0.5) is 0 Å². The summed E-state index contributed by atoms with van der Waals surface area (Å²) < 4.78 is 25.9. The van der Waals surface area contributed by atoms with Gasteiger partial charge in [-0.1, -0.05) is 78.9 Å². The highest BCUT2D eigenvalue weighted by molar-refractivity contribution is 7.92. The molecule has 1 saturated heterocycles. The largest absolute Gasteiger partial charge is 0.342 e. The first kappa shape index (κ1) is 20.4. The molecule has 1 aliphatic rings. The number of nitrogens with zero attached hydrogens (tertiary/aromatic N) is 1. The molecule has 0 N–H and O–H groups in total. The highest BCUT2D eigenvalue weighted by Gasteiger charge is 2.35. The molecule has 154 valence electrons. The van der Waals surface area contributed by atoms with E-state index >= 15 is 0 Å². The quantitative estimate of drug-likeness (QED) is 0.620. The number of hydrogen-bond acceptors (Lipinski definition) is 3. The van der Waals surface area contributed by atoms with Crippen LogP contribution in [0.15, 0.2) is 95.9 Å². The van der Waals surface area contributed by atoms with Gasteiger partial charge in [-0.15, -0.1) is 0 Å². The van der Waals surface area contributed by atoms with E-state index in [0.717, 1.165) is 11.1 Å². The minimum atomic E-state index is -3.37. The standard InChI is InChI=1S/C25H25NO3S/c27-25(24(20-10-4-1-5-11-20)21-12-6-2-7-13-21)26-18-16-23(17-19-26)30(28,29)22-14-8-3-9-15-22/h1-15,23-24H,16-19H2. The molecule has 30 heavy (non-hydrogen) atoms. The average Bonchev–Trinajstić information content (AvgIpc) is 2.81. The van der Waals surface area contributed by atoms with Gasteiger partial charge >= 0.3 is 0 Å². The Morgan fingerprint density at radius 1 is 0.733 bits per heavy atom. The Bertz CT molecular complexity index is 1040. The number of piperidine rings is 1. The summed E-state index contributed by atoms with van der Waals surface area (Å²) >= 11 is 0. The second kappa shape index (κ2) is 8.84. The first-order chi connectivity index (χ1) is 14.6. The fraction of sp³-hybridized carbons (Fsp3) is 0.240. The van der Waals surface area contributed by atoms with Crippen molar-refractivity contribution in [1.29, 1.82) is 0 Å². The van der Waals surface area contributed by atoms with E-state index in [1.54, 1.807) is 24.3 Å². The van der Waals surface area contributed by atoms with Gasteiger partial charge in [-0.25, -0.2) is 8.42 Å². The molecule has 1 heterocycles. The lowest BCUT2D eigenvalue weighted by molar-refractivity contribution is -0.132. The number of amides is 1. The Morgan fingerprint density at radius 3 is 1.63 bits per heavy atom. The fourth-order valence-corrected chi connectivity index (χ4v) is 5.89. The number of carbonyl (C=O) groups is 1. The van der Waals surface area contributed by atoms with Gasteiger partial charge in [0.2, 0.25) is 5.91 Å². The van der Waals surface area contributed by atoms with E-state index in [2.05, 4.69) is 0 Å². The molecule has 0 atom stereocenters. The Morgan fingerprint density at radius 2 is 1.17 bits per heavy atom. The molecule has 0 saturated carbocycles. The molecule has 1 amide bonds. The molecule has 1 fully saturated rings. The monoisotopic (exact) mass is 419 g/mol. The van der Waals surface area contributed by atoms with Crippen LogP contribution < -0.4 is 0 Å². The smallest absolute Gasteiger partial charge is 0.234 e. The van der Waals surface area contributed by atoms with Crippen molar-refractivity contribution in [1.82, 2.24) is 4.90 Å². The molecule has 0 radical (unpaired) electrons. The van der Waals surface area contributed by atoms with Crippen LogP contribution in [0.25, 0.3) is 0 Å². The Balaban J connectivity index is 1.53. The van der Waals surface area contributed by atoms with Gasteiger partial charge in [-0.3, -0.25) is 4.79 Å². The minimum absolute atomic E-state index is 0.0305. The van der Waals surface area contributed by atoms with E-state index in [-0.39, 0.29) is 11.8 Å². The lowest BCUT2D eigenvalue weighted by atomic mass is 9.89. The number of rotatable bonds is 5. The van der Waals surface area contributed by atoms with Crippen molar-refractivity contribution in [2.45, 2.75) is 28.9 Å². The zero-order chi connectivity index (χ0) is 21.0. The van der Waals surface area contributed by atoms with Gasteiger partial charge in [0.15, 0.2) is 9.84 Å².